The van der Waals surface area contributed by atoms with Gasteiger partial charge in [-0.15, -0.1) is 0 Å². The fourth-order valence-corrected chi connectivity index (χ4v) is 7.76. The minimum atomic E-state index is -4.22. The average molecular weight is 682 g/mol. The molecule has 3 aromatic rings. The fourth-order valence-electron chi connectivity index (χ4n) is 7.76. The largest absolute Gasteiger partial charge is 0.401 e. The number of nitrogens with one attached hydrogen (secondary N) is 1. The van der Waals surface area contributed by atoms with Gasteiger partial charge in [0.2, 0.25) is 5.91 Å². The molecule has 3 fully saturated rings. The normalized spacial score (nSPS) is 24.0. The number of para-hydroxylation sites is 1. The van der Waals surface area contributed by atoms with Crippen molar-refractivity contribution in [2.45, 2.75) is 69.8 Å². The van der Waals surface area contributed by atoms with Crippen LogP contribution in [0.25, 0.3) is 10.9 Å². The summed E-state index contributed by atoms with van der Waals surface area (Å²) in [6.07, 6.45) is 2.83. The van der Waals surface area contributed by atoms with E-state index < -0.39 is 12.7 Å². The van der Waals surface area contributed by atoms with Gasteiger partial charge < -0.3 is 24.3 Å². The van der Waals surface area contributed by atoms with Crippen molar-refractivity contribution in [1.82, 2.24) is 19.3 Å². The van der Waals surface area contributed by atoms with Gasteiger partial charge in [0.05, 0.1) is 37.3 Å². The first-order valence-corrected chi connectivity index (χ1v) is 17.3. The SMILES string of the molecule is Cc1cc(CC(=O)N2C[C@@H](N3CCN(CC(F)(F)F)CC3)C[C@H]2COC2CCC(C=O)CC2)ccc1NC(=O)c1cn(C)c2ccccc12. The summed E-state index contributed by atoms with van der Waals surface area (Å²) in [5, 5.41) is 3.91. The molecule has 1 N–H and O–H groups in total. The van der Waals surface area contributed by atoms with Crippen molar-refractivity contribution >= 4 is 34.7 Å². The number of aromatic nitrogens is 1. The molecule has 49 heavy (non-hydrogen) atoms. The number of ether oxygens (including phenoxy) is 1. The van der Waals surface area contributed by atoms with Gasteiger partial charge in [0.15, 0.2) is 0 Å². The van der Waals surface area contributed by atoms with Crippen LogP contribution in [0.3, 0.4) is 0 Å². The van der Waals surface area contributed by atoms with Gasteiger partial charge in [0, 0.05) is 74.5 Å². The molecule has 3 heterocycles. The van der Waals surface area contributed by atoms with Crippen LogP contribution in [0.5, 0.6) is 0 Å². The maximum absolute atomic E-state index is 13.9. The van der Waals surface area contributed by atoms with E-state index >= 15 is 0 Å². The van der Waals surface area contributed by atoms with E-state index in [1.165, 1.54) is 4.90 Å². The topological polar surface area (TPSA) is 87.1 Å². The Balaban J connectivity index is 1.10. The van der Waals surface area contributed by atoms with E-state index in [0.717, 1.165) is 54.0 Å². The molecular weight excluding hydrogens is 635 g/mol. The molecule has 1 aliphatic carbocycles. The second-order valence-electron chi connectivity index (χ2n) is 14.0. The third kappa shape index (κ3) is 8.53. The number of rotatable bonds is 10. The van der Waals surface area contributed by atoms with Gasteiger partial charge in [-0.2, -0.15) is 13.2 Å². The smallest absolute Gasteiger partial charge is 0.376 e. The van der Waals surface area contributed by atoms with Gasteiger partial charge in [-0.1, -0.05) is 30.3 Å². The number of aldehydes is 1. The summed E-state index contributed by atoms with van der Waals surface area (Å²) in [6, 6.07) is 13.3. The number of hydrogen-bond acceptors (Lipinski definition) is 6. The maximum atomic E-state index is 13.9. The monoisotopic (exact) mass is 681 g/mol. The Morgan fingerprint density at radius 3 is 2.45 bits per heavy atom. The number of fused-ring (bicyclic) bond motifs is 1. The van der Waals surface area contributed by atoms with Crippen LogP contribution in [0.15, 0.2) is 48.7 Å². The van der Waals surface area contributed by atoms with Crippen LogP contribution in [0.1, 0.15) is 53.6 Å². The molecule has 2 aliphatic heterocycles. The Hall–Kier alpha value is -3.74. The first-order valence-electron chi connectivity index (χ1n) is 17.3. The van der Waals surface area contributed by atoms with Crippen LogP contribution in [0.2, 0.25) is 0 Å². The molecule has 1 aromatic heterocycles. The van der Waals surface area contributed by atoms with Gasteiger partial charge in [0.25, 0.3) is 5.91 Å². The van der Waals surface area contributed by atoms with Crippen molar-refractivity contribution in [2.75, 3.05) is 51.2 Å². The number of nitrogens with zero attached hydrogens (tertiary/aromatic N) is 4. The van der Waals surface area contributed by atoms with Gasteiger partial charge >= 0.3 is 6.18 Å². The van der Waals surface area contributed by atoms with Crippen LogP contribution in [-0.2, 0) is 27.8 Å². The molecule has 2 aromatic carbocycles. The van der Waals surface area contributed by atoms with Crippen molar-refractivity contribution in [3.05, 3.63) is 65.4 Å². The summed E-state index contributed by atoms with van der Waals surface area (Å²) in [7, 11) is 1.91. The number of alkyl halides is 3. The van der Waals surface area contributed by atoms with Crippen molar-refractivity contribution in [1.29, 1.82) is 0 Å². The number of piperazine rings is 1. The van der Waals surface area contributed by atoms with E-state index in [0.29, 0.717) is 57.0 Å². The van der Waals surface area contributed by atoms with Crippen molar-refractivity contribution in [2.24, 2.45) is 13.0 Å². The van der Waals surface area contributed by atoms with Gasteiger partial charge in [-0.3, -0.25) is 19.4 Å². The summed E-state index contributed by atoms with van der Waals surface area (Å²) in [6.45, 7) is 3.64. The zero-order valence-corrected chi connectivity index (χ0v) is 28.3. The molecule has 1 saturated carbocycles. The molecule has 3 aliphatic rings. The highest BCUT2D eigenvalue weighted by Gasteiger charge is 2.40. The minimum absolute atomic E-state index is 0.0246. The average Bonchev–Trinajstić information content (AvgIpc) is 3.66. The number of carbonyl (C=O) groups excluding carboxylic acids is 3. The number of amides is 2. The number of hydrogen-bond donors (Lipinski definition) is 1. The van der Waals surface area contributed by atoms with E-state index in [1.54, 1.807) is 0 Å². The lowest BCUT2D eigenvalue weighted by molar-refractivity contribution is -0.150. The van der Waals surface area contributed by atoms with Crippen LogP contribution < -0.4 is 5.32 Å². The van der Waals surface area contributed by atoms with Crippen molar-refractivity contribution in [3.63, 3.8) is 0 Å². The van der Waals surface area contributed by atoms with Gasteiger partial charge in [0.1, 0.15) is 6.29 Å². The number of anilines is 1. The maximum Gasteiger partial charge on any atom is 0.401 e. The first kappa shape index (κ1) is 35.1. The molecular formula is C37H46F3N5O4. The Morgan fingerprint density at radius 2 is 1.76 bits per heavy atom. The number of benzene rings is 2. The molecule has 2 saturated heterocycles. The highest BCUT2D eigenvalue weighted by atomic mass is 19.4. The molecule has 6 rings (SSSR count). The standard InChI is InChI=1S/C37H46F3N5O4/c1-25-17-27(9-12-33(25)41-36(48)32-21-42(2)34-6-4-3-5-31(32)34)18-35(47)45-20-28(44-15-13-43(14-16-44)24-37(38,39)40)19-29(45)23-49-30-10-7-26(22-46)8-11-30/h3-6,9,12,17,21-22,26,28-30H,7-8,10-11,13-16,18-20,23-24H2,1-2H3,(H,41,48)/t26?,28-,29-,30?/m0/s1. The molecule has 264 valence electrons. The number of likely N-dealkylation sites (tertiary alicyclic amines) is 1. The highest BCUT2D eigenvalue weighted by molar-refractivity contribution is 6.13. The van der Waals surface area contributed by atoms with Crippen LogP contribution >= 0.6 is 0 Å². The second kappa shape index (κ2) is 15.0. The summed E-state index contributed by atoms with van der Waals surface area (Å²) in [5.74, 6) is -0.136. The number of carbonyl (C=O) groups is 3. The summed E-state index contributed by atoms with van der Waals surface area (Å²) in [4.78, 5) is 43.9. The van der Waals surface area contributed by atoms with E-state index in [2.05, 4.69) is 10.2 Å². The van der Waals surface area contributed by atoms with E-state index in [9.17, 15) is 27.6 Å². The number of aryl methyl sites for hydroxylation is 2. The lowest BCUT2D eigenvalue weighted by atomic mass is 9.88. The van der Waals surface area contributed by atoms with Crippen LogP contribution in [-0.4, -0.2) is 108 Å². The van der Waals surface area contributed by atoms with Crippen LogP contribution in [0.4, 0.5) is 18.9 Å². The number of halogens is 3. The Bertz CT molecular complexity index is 1640. The van der Waals surface area contributed by atoms with Crippen molar-refractivity contribution < 1.29 is 32.3 Å². The molecule has 12 heteroatoms. The summed E-state index contributed by atoms with van der Waals surface area (Å²) < 4.78 is 47.2. The third-order valence-electron chi connectivity index (χ3n) is 10.5. The highest BCUT2D eigenvalue weighted by Crippen LogP contribution is 2.30. The predicted molar refractivity (Wildman–Crippen MR) is 181 cm³/mol. The molecule has 9 nitrogen and oxygen atoms in total. The van der Waals surface area contributed by atoms with Gasteiger partial charge in [-0.25, -0.2) is 0 Å². The lowest BCUT2D eigenvalue weighted by Gasteiger charge is -2.38. The van der Waals surface area contributed by atoms with Gasteiger partial charge in [-0.05, 0) is 62.3 Å². The second-order valence-corrected chi connectivity index (χ2v) is 14.0. The van der Waals surface area contributed by atoms with Crippen molar-refractivity contribution in [3.8, 4) is 0 Å². The molecule has 0 radical (unpaired) electrons. The molecule has 0 spiro atoms. The minimum Gasteiger partial charge on any atom is -0.376 e. The van der Waals surface area contributed by atoms with E-state index in [-0.39, 0.29) is 42.3 Å². The predicted octanol–water partition coefficient (Wildman–Crippen LogP) is 5.21. The fraction of sp³-hybridized carbons (Fsp3) is 0.541. The first-order chi connectivity index (χ1) is 23.5. The lowest BCUT2D eigenvalue weighted by Crippen LogP contribution is -2.52. The van der Waals surface area contributed by atoms with E-state index in [1.807, 2.05) is 72.1 Å². The zero-order chi connectivity index (χ0) is 34.7. The quantitative estimate of drug-likeness (QED) is 0.296. The molecule has 2 amide bonds. The Morgan fingerprint density at radius 1 is 1.02 bits per heavy atom. The Kier molecular flexibility index (Phi) is 10.8. The van der Waals surface area contributed by atoms with E-state index in [4.69, 9.17) is 4.74 Å². The third-order valence-corrected chi connectivity index (χ3v) is 10.5. The molecule has 0 bridgehead atoms. The molecule has 2 atom stereocenters. The Labute approximate surface area is 285 Å². The van der Waals surface area contributed by atoms with Crippen LogP contribution in [0, 0.1) is 12.8 Å². The summed E-state index contributed by atoms with van der Waals surface area (Å²) in [5.41, 5.74) is 3.92. The zero-order valence-electron chi connectivity index (χ0n) is 28.3. The molecule has 0 unspecified atom stereocenters. The summed E-state index contributed by atoms with van der Waals surface area (Å²) >= 11 is 0.